The highest BCUT2D eigenvalue weighted by Crippen LogP contribution is 2.20. The van der Waals surface area contributed by atoms with Crippen molar-refractivity contribution in [1.82, 2.24) is 0 Å². The number of rotatable bonds is 5. The van der Waals surface area contributed by atoms with Crippen molar-refractivity contribution in [3.63, 3.8) is 0 Å². The van der Waals surface area contributed by atoms with E-state index in [1.54, 1.807) is 24.3 Å². The fraction of sp³-hybridized carbons (Fsp3) is 0.143. The van der Waals surface area contributed by atoms with Gasteiger partial charge in [0.15, 0.2) is 0 Å². The Morgan fingerprint density at radius 1 is 1.40 bits per heavy atom. The SMILES string of the molecule is Cc1ccc(C(=O)Nc2cccc(OCC(N)=S)c2)s1. The zero-order valence-corrected chi connectivity index (χ0v) is 12.5. The van der Waals surface area contributed by atoms with Gasteiger partial charge in [0.1, 0.15) is 17.3 Å². The number of thiocarbonyl (C=S) groups is 1. The third kappa shape index (κ3) is 4.04. The molecule has 0 saturated heterocycles. The molecular weight excluding hydrogens is 292 g/mol. The highest BCUT2D eigenvalue weighted by molar-refractivity contribution is 7.80. The van der Waals surface area contributed by atoms with E-state index in [-0.39, 0.29) is 17.5 Å². The Hall–Kier alpha value is -1.92. The summed E-state index contributed by atoms with van der Waals surface area (Å²) in [6.07, 6.45) is 0. The first kappa shape index (κ1) is 14.5. The smallest absolute Gasteiger partial charge is 0.265 e. The Morgan fingerprint density at radius 2 is 2.20 bits per heavy atom. The average molecular weight is 306 g/mol. The van der Waals surface area contributed by atoms with E-state index in [4.69, 9.17) is 22.7 Å². The van der Waals surface area contributed by atoms with Gasteiger partial charge in [-0.05, 0) is 31.2 Å². The number of nitrogens with two attached hydrogens (primary N) is 1. The summed E-state index contributed by atoms with van der Waals surface area (Å²) < 4.78 is 5.38. The fourth-order valence-corrected chi connectivity index (χ4v) is 2.39. The van der Waals surface area contributed by atoms with E-state index in [1.165, 1.54) is 11.3 Å². The van der Waals surface area contributed by atoms with Crippen LogP contribution in [0.4, 0.5) is 5.69 Å². The van der Waals surface area contributed by atoms with Crippen LogP contribution in [0.25, 0.3) is 0 Å². The maximum Gasteiger partial charge on any atom is 0.265 e. The van der Waals surface area contributed by atoms with Crippen LogP contribution in [-0.4, -0.2) is 17.5 Å². The van der Waals surface area contributed by atoms with Crippen molar-refractivity contribution in [3.05, 3.63) is 46.2 Å². The van der Waals surface area contributed by atoms with E-state index in [1.807, 2.05) is 19.1 Å². The largest absolute Gasteiger partial charge is 0.486 e. The number of aryl methyl sites for hydroxylation is 1. The maximum atomic E-state index is 12.0. The molecule has 0 aliphatic heterocycles. The molecule has 0 atom stereocenters. The number of carbonyl (C=O) groups is 1. The normalized spacial score (nSPS) is 10.1. The van der Waals surface area contributed by atoms with E-state index in [2.05, 4.69) is 5.32 Å². The molecular formula is C14H14N2O2S2. The zero-order chi connectivity index (χ0) is 14.5. The molecule has 0 unspecified atom stereocenters. The van der Waals surface area contributed by atoms with Crippen molar-refractivity contribution in [1.29, 1.82) is 0 Å². The molecule has 0 radical (unpaired) electrons. The maximum absolute atomic E-state index is 12.0. The number of thiophene rings is 1. The van der Waals surface area contributed by atoms with Crippen molar-refractivity contribution >= 4 is 40.1 Å². The van der Waals surface area contributed by atoms with Gasteiger partial charge in [-0.2, -0.15) is 0 Å². The molecule has 3 N–H and O–H groups in total. The summed E-state index contributed by atoms with van der Waals surface area (Å²) in [7, 11) is 0. The topological polar surface area (TPSA) is 64.3 Å². The highest BCUT2D eigenvalue weighted by Gasteiger charge is 2.08. The lowest BCUT2D eigenvalue weighted by Crippen LogP contribution is -2.18. The number of benzene rings is 1. The van der Waals surface area contributed by atoms with Crippen LogP contribution >= 0.6 is 23.6 Å². The van der Waals surface area contributed by atoms with Gasteiger partial charge in [0, 0.05) is 16.6 Å². The lowest BCUT2D eigenvalue weighted by Gasteiger charge is -2.08. The standard InChI is InChI=1S/C14H14N2O2S2/c1-9-5-6-12(20-9)14(17)16-10-3-2-4-11(7-10)18-8-13(15)19/h2-7H,8H2,1H3,(H2,15,19)(H,16,17). The first-order valence-corrected chi connectivity index (χ1v) is 7.16. The lowest BCUT2D eigenvalue weighted by atomic mass is 10.3. The van der Waals surface area contributed by atoms with Crippen LogP contribution in [0.1, 0.15) is 14.5 Å². The van der Waals surface area contributed by atoms with E-state index >= 15 is 0 Å². The third-order valence-electron chi connectivity index (χ3n) is 2.44. The Bertz CT molecular complexity index is 638. The van der Waals surface area contributed by atoms with Crippen LogP contribution in [0.2, 0.25) is 0 Å². The van der Waals surface area contributed by atoms with Crippen molar-refractivity contribution in [2.24, 2.45) is 5.73 Å². The van der Waals surface area contributed by atoms with Gasteiger partial charge in [0.05, 0.1) is 4.88 Å². The number of hydrogen-bond acceptors (Lipinski definition) is 4. The van der Waals surface area contributed by atoms with Crippen molar-refractivity contribution < 1.29 is 9.53 Å². The van der Waals surface area contributed by atoms with Crippen molar-refractivity contribution in [3.8, 4) is 5.75 Å². The predicted octanol–water partition coefficient (Wildman–Crippen LogP) is 2.97. The number of nitrogens with one attached hydrogen (secondary N) is 1. The number of ether oxygens (including phenoxy) is 1. The summed E-state index contributed by atoms with van der Waals surface area (Å²) in [5.41, 5.74) is 6.04. The summed E-state index contributed by atoms with van der Waals surface area (Å²) in [6, 6.07) is 10.8. The zero-order valence-electron chi connectivity index (χ0n) is 10.9. The van der Waals surface area contributed by atoms with Gasteiger partial charge < -0.3 is 15.8 Å². The lowest BCUT2D eigenvalue weighted by molar-refractivity contribution is 0.103. The second-order valence-electron chi connectivity index (χ2n) is 4.15. The average Bonchev–Trinajstić information content (AvgIpc) is 2.84. The van der Waals surface area contributed by atoms with E-state index in [9.17, 15) is 4.79 Å². The number of hydrogen-bond donors (Lipinski definition) is 2. The van der Waals surface area contributed by atoms with Gasteiger partial charge in [-0.1, -0.05) is 18.3 Å². The molecule has 0 fully saturated rings. The van der Waals surface area contributed by atoms with Gasteiger partial charge in [-0.3, -0.25) is 4.79 Å². The minimum Gasteiger partial charge on any atom is -0.486 e. The van der Waals surface area contributed by atoms with Crippen LogP contribution in [0.5, 0.6) is 5.75 Å². The van der Waals surface area contributed by atoms with Gasteiger partial charge >= 0.3 is 0 Å². The minimum absolute atomic E-state index is 0.130. The first-order valence-electron chi connectivity index (χ1n) is 5.93. The summed E-state index contributed by atoms with van der Waals surface area (Å²) in [6.45, 7) is 2.14. The molecule has 2 aromatic rings. The Labute approximate surface area is 126 Å². The molecule has 1 heterocycles. The van der Waals surface area contributed by atoms with E-state index < -0.39 is 0 Å². The number of carbonyl (C=O) groups excluding carboxylic acids is 1. The quantitative estimate of drug-likeness (QED) is 0.834. The molecule has 1 aromatic heterocycles. The highest BCUT2D eigenvalue weighted by atomic mass is 32.1. The van der Waals surface area contributed by atoms with Crippen molar-refractivity contribution in [2.75, 3.05) is 11.9 Å². The fourth-order valence-electron chi connectivity index (χ4n) is 1.57. The minimum atomic E-state index is -0.130. The molecule has 0 bridgehead atoms. The predicted molar refractivity (Wildman–Crippen MR) is 85.7 cm³/mol. The summed E-state index contributed by atoms with van der Waals surface area (Å²) >= 11 is 6.20. The molecule has 1 aromatic carbocycles. The molecule has 6 heteroatoms. The summed E-state index contributed by atoms with van der Waals surface area (Å²) in [5, 5.41) is 2.83. The van der Waals surface area contributed by atoms with E-state index in [0.717, 1.165) is 4.88 Å². The van der Waals surface area contributed by atoms with Gasteiger partial charge in [-0.15, -0.1) is 11.3 Å². The van der Waals surface area contributed by atoms with Crippen LogP contribution in [0.15, 0.2) is 36.4 Å². The molecule has 4 nitrogen and oxygen atoms in total. The summed E-state index contributed by atoms with van der Waals surface area (Å²) in [4.78, 5) is 14.1. The molecule has 0 aliphatic rings. The van der Waals surface area contributed by atoms with Crippen LogP contribution in [0.3, 0.4) is 0 Å². The second-order valence-corrected chi connectivity index (χ2v) is 5.96. The molecule has 2 rings (SSSR count). The van der Waals surface area contributed by atoms with Gasteiger partial charge in [0.25, 0.3) is 5.91 Å². The Kier molecular flexibility index (Phi) is 4.70. The number of anilines is 1. The van der Waals surface area contributed by atoms with Gasteiger partial charge in [-0.25, -0.2) is 0 Å². The molecule has 104 valence electrons. The molecule has 0 aliphatic carbocycles. The Balaban J connectivity index is 2.04. The number of amides is 1. The molecule has 1 amide bonds. The van der Waals surface area contributed by atoms with Crippen molar-refractivity contribution in [2.45, 2.75) is 6.92 Å². The molecule has 0 spiro atoms. The Morgan fingerprint density at radius 3 is 2.85 bits per heavy atom. The molecule has 20 heavy (non-hydrogen) atoms. The third-order valence-corrected chi connectivity index (χ3v) is 3.55. The first-order chi connectivity index (χ1) is 9.54. The van der Waals surface area contributed by atoms with Crippen LogP contribution in [-0.2, 0) is 0 Å². The summed E-state index contributed by atoms with van der Waals surface area (Å²) in [5.74, 6) is 0.479. The van der Waals surface area contributed by atoms with E-state index in [0.29, 0.717) is 16.3 Å². The van der Waals surface area contributed by atoms with Gasteiger partial charge in [0.2, 0.25) is 0 Å². The van der Waals surface area contributed by atoms with Crippen LogP contribution in [0, 0.1) is 6.92 Å². The molecule has 0 saturated carbocycles. The van der Waals surface area contributed by atoms with Crippen LogP contribution < -0.4 is 15.8 Å². The second kappa shape index (κ2) is 6.49. The monoisotopic (exact) mass is 306 g/mol.